The van der Waals surface area contributed by atoms with Crippen molar-refractivity contribution in [2.45, 2.75) is 218 Å². The molecule has 12 heteroatoms. The summed E-state index contributed by atoms with van der Waals surface area (Å²) in [6.07, 6.45) is 27.1. The summed E-state index contributed by atoms with van der Waals surface area (Å²) in [6, 6.07) is 71.9. The van der Waals surface area contributed by atoms with Crippen LogP contribution in [0.4, 0.5) is 26.3 Å². The summed E-state index contributed by atoms with van der Waals surface area (Å²) in [5, 5.41) is 34.5. The summed E-state index contributed by atoms with van der Waals surface area (Å²) in [5.74, 6) is -8.18. The van der Waals surface area contributed by atoms with Crippen molar-refractivity contribution in [1.82, 2.24) is 0 Å². The molecule has 6 aromatic heterocycles. The second-order valence-electron chi connectivity index (χ2n) is 39.6. The number of hydrogen-bond donors (Lipinski definition) is 0. The van der Waals surface area contributed by atoms with Crippen LogP contribution in [-0.4, -0.2) is 0 Å². The largest absolute Gasteiger partial charge is 0.206 e. The highest BCUT2D eigenvalue weighted by molar-refractivity contribution is 7.25. The molecule has 23 aromatic rings. The van der Waals surface area contributed by atoms with Gasteiger partial charge in [0.15, 0.2) is 23.3 Å². The molecule has 0 nitrogen and oxygen atoms in total. The molecule has 0 bridgehead atoms. The van der Waals surface area contributed by atoms with Gasteiger partial charge in [-0.15, -0.1) is 68.0 Å². The van der Waals surface area contributed by atoms with Gasteiger partial charge in [-0.05, 0) is 294 Å². The van der Waals surface area contributed by atoms with Gasteiger partial charge in [0, 0.05) is 73.5 Å². The maximum absolute atomic E-state index is 20.4. The lowest BCUT2D eigenvalue weighted by Crippen LogP contribution is -2.29. The Hall–Kier alpha value is -10.8. The molecule has 2 aliphatic carbocycles. The van der Waals surface area contributed by atoms with E-state index >= 15 is 26.3 Å². The van der Waals surface area contributed by atoms with Gasteiger partial charge in [0.25, 0.3) is 0 Å². The number of fused-ring (bicyclic) bond motifs is 12. The molecule has 0 atom stereocenters. The Bertz CT molecular complexity index is 8140. The standard InChI is InChI=1S/C124H104F6S6/c1-5-9-13-17-21-25-53-123(54-26-22-18-14-10-6-2)89-65-69(49-51-73(89)74-52-50-70(66-90(74)123)95-67-87(91-45-33-57-131-91)121(135-95)93-47-35-59-133-93)71-61-83-79-41-29-37-75-77-39-31-43-81-85-63-72(64-86-82-44-32-40-78-76-38-30-42-80-84(62-71)102(83)109-105(98(75)79)107(100(77)81)110(103(85)86)108(101(78)82)106(109)99(76)80)97-115(125)113-111(119(129)117(97)127)112-114(124(113,55-27-23-19-15-11-7-3)56-28-24-20-16-12-8-4)116(126)104(118(128)120(112)130)96-68-88(92-46-34-58-132-92)122(136-96)94-48-36-60-134-94/h29-52,57-68H,5-28,53-56H2,1-4H3. The van der Waals surface area contributed by atoms with E-state index in [1.54, 1.807) is 6.07 Å². The van der Waals surface area contributed by atoms with E-state index in [1.807, 2.05) is 81.2 Å². The molecule has 0 aliphatic heterocycles. The molecule has 6 heterocycles. The fraction of sp³-hybridized carbons (Fsp3) is 0.274. The van der Waals surface area contributed by atoms with Gasteiger partial charge in [0.05, 0.1) is 20.9 Å². The zero-order valence-electron chi connectivity index (χ0n) is 77.3. The average molecular weight is 1900 g/mol. The minimum atomic E-state index is -1.75. The lowest BCUT2D eigenvalue weighted by Gasteiger charge is -2.34. The molecule has 25 rings (SSSR count). The fourth-order valence-corrected chi connectivity index (χ4v) is 31.7. The van der Waals surface area contributed by atoms with Gasteiger partial charge >= 0.3 is 0 Å². The Morgan fingerprint density at radius 2 is 0.515 bits per heavy atom. The third-order valence-electron chi connectivity index (χ3n) is 32.0. The summed E-state index contributed by atoms with van der Waals surface area (Å²) >= 11 is 9.77. The quantitative estimate of drug-likeness (QED) is 0.0121. The Labute approximate surface area is 813 Å². The number of halogens is 6. The molecule has 0 saturated heterocycles. The van der Waals surface area contributed by atoms with Gasteiger partial charge in [-0.2, -0.15) is 0 Å². The van der Waals surface area contributed by atoms with E-state index < -0.39 is 62.6 Å². The summed E-state index contributed by atoms with van der Waals surface area (Å²) in [4.78, 5) is 7.97. The van der Waals surface area contributed by atoms with Crippen LogP contribution in [0.15, 0.2) is 216 Å². The molecule has 678 valence electrons. The molecule has 0 saturated carbocycles. The van der Waals surface area contributed by atoms with Crippen LogP contribution in [0.2, 0.25) is 0 Å². The highest BCUT2D eigenvalue weighted by Gasteiger charge is 2.53. The Morgan fingerprint density at radius 3 is 0.897 bits per heavy atom. The van der Waals surface area contributed by atoms with E-state index in [9.17, 15) is 0 Å². The van der Waals surface area contributed by atoms with Crippen molar-refractivity contribution in [2.24, 2.45) is 0 Å². The van der Waals surface area contributed by atoms with Crippen molar-refractivity contribution in [3.63, 3.8) is 0 Å². The molecule has 2 aliphatic rings. The first-order valence-corrected chi connectivity index (χ1v) is 55.3. The van der Waals surface area contributed by atoms with Gasteiger partial charge in [-0.25, -0.2) is 26.3 Å². The molecule has 136 heavy (non-hydrogen) atoms. The first-order chi connectivity index (χ1) is 66.9. The van der Waals surface area contributed by atoms with Gasteiger partial charge in [0.2, 0.25) is 0 Å². The van der Waals surface area contributed by atoms with Gasteiger partial charge in [0.1, 0.15) is 11.6 Å². The van der Waals surface area contributed by atoms with Crippen LogP contribution in [0.3, 0.4) is 0 Å². The maximum atomic E-state index is 20.4. The minimum absolute atomic E-state index is 0.105. The lowest BCUT2D eigenvalue weighted by molar-refractivity contribution is 0.368. The topological polar surface area (TPSA) is 0 Å². The van der Waals surface area contributed by atoms with Crippen molar-refractivity contribution >= 4 is 197 Å². The van der Waals surface area contributed by atoms with Crippen LogP contribution in [0.25, 0.3) is 235 Å². The van der Waals surface area contributed by atoms with Gasteiger partial charge in [-0.3, -0.25) is 0 Å². The number of benzene rings is 17. The average Bonchev–Trinajstić information content (AvgIpc) is 0.807. The second kappa shape index (κ2) is 34.7. The van der Waals surface area contributed by atoms with Crippen molar-refractivity contribution in [1.29, 1.82) is 0 Å². The maximum Gasteiger partial charge on any atom is 0.171 e. The van der Waals surface area contributed by atoms with Crippen LogP contribution in [0.5, 0.6) is 0 Å². The predicted octanol–water partition coefficient (Wildman–Crippen LogP) is 42.2. The molecule has 17 aromatic carbocycles. The van der Waals surface area contributed by atoms with Crippen LogP contribution in [0, 0.1) is 34.9 Å². The van der Waals surface area contributed by atoms with Crippen LogP contribution < -0.4 is 0 Å². The summed E-state index contributed by atoms with van der Waals surface area (Å²) in [6.45, 7) is 8.96. The first-order valence-electron chi connectivity index (χ1n) is 50.2. The predicted molar refractivity (Wildman–Crippen MR) is 579 cm³/mol. The minimum Gasteiger partial charge on any atom is -0.206 e. The monoisotopic (exact) mass is 1900 g/mol. The van der Waals surface area contributed by atoms with E-state index in [4.69, 9.17) is 0 Å². The SMILES string of the molecule is CCCCCCCCC1(CCCCCCCC)c2cc(-c3cc4c5cccc6c7cccc8c9cc(-c%10c(F)c(F)c%11c(c%10F)C(CCCCCCCC)(CCCCCCCC)c%10c(F)c(-c%12cc(-c%13cccs%13)c(-c%13cccs%13)s%12)c(F)c(F)c%10-%11)cc%10c%11cccc%12c%13cccc%14c(c3)c4c3c(c65)c(c78)c(c9%10)c(c%12%11)c3c%13%14)ccc2-c2ccc(-c3cc(-c4cccs4)c(-c4cccs4)s3)cc21. The normalized spacial score (nSPS) is 13.7. The van der Waals surface area contributed by atoms with Crippen molar-refractivity contribution < 1.29 is 26.3 Å². The molecule has 0 unspecified atom stereocenters. The molecule has 0 amide bonds. The van der Waals surface area contributed by atoms with Gasteiger partial charge in [-0.1, -0.05) is 303 Å². The molecule has 0 radical (unpaired) electrons. The summed E-state index contributed by atoms with van der Waals surface area (Å²) < 4.78 is 115. The van der Waals surface area contributed by atoms with E-state index in [2.05, 4.69) is 190 Å². The van der Waals surface area contributed by atoms with Crippen molar-refractivity contribution in [3.8, 4) is 106 Å². The zero-order valence-corrected chi connectivity index (χ0v) is 82.2. The zero-order chi connectivity index (χ0) is 91.7. The number of hydrogen-bond acceptors (Lipinski definition) is 6. The Kier molecular flexibility index (Phi) is 22.1. The number of unbranched alkanes of at least 4 members (excludes halogenated alkanes) is 20. The van der Waals surface area contributed by atoms with Crippen LogP contribution in [-0.2, 0) is 10.8 Å². The number of thiophene rings is 6. The summed E-state index contributed by atoms with van der Waals surface area (Å²) in [5.41, 5.74) is 6.48. The Morgan fingerprint density at radius 1 is 0.213 bits per heavy atom. The fourth-order valence-electron chi connectivity index (χ4n) is 26.0. The summed E-state index contributed by atoms with van der Waals surface area (Å²) in [7, 11) is 0. The van der Waals surface area contributed by atoms with E-state index in [-0.39, 0.29) is 39.8 Å². The Balaban J connectivity index is 0.700. The van der Waals surface area contributed by atoms with Gasteiger partial charge < -0.3 is 0 Å². The second-order valence-corrected chi connectivity index (χ2v) is 45.5. The van der Waals surface area contributed by atoms with E-state index in [0.717, 1.165) is 173 Å². The smallest absolute Gasteiger partial charge is 0.171 e. The highest BCUT2D eigenvalue weighted by atomic mass is 32.1. The third-order valence-corrected chi connectivity index (χ3v) is 38.2. The van der Waals surface area contributed by atoms with E-state index in [1.165, 1.54) is 216 Å². The lowest BCUT2D eigenvalue weighted by atomic mass is 9.69. The third kappa shape index (κ3) is 13.1. The highest BCUT2D eigenvalue weighted by Crippen LogP contribution is 2.66. The molecule has 0 N–H and O–H groups in total. The van der Waals surface area contributed by atoms with Crippen LogP contribution >= 0.6 is 68.0 Å². The van der Waals surface area contributed by atoms with E-state index in [0.29, 0.717) is 25.7 Å². The van der Waals surface area contributed by atoms with Crippen molar-refractivity contribution in [3.05, 3.63) is 273 Å². The number of rotatable bonds is 36. The first kappa shape index (κ1) is 86.8. The van der Waals surface area contributed by atoms with Crippen molar-refractivity contribution in [2.75, 3.05) is 0 Å². The van der Waals surface area contributed by atoms with Crippen LogP contribution in [0.1, 0.15) is 230 Å². The molecule has 0 fully saturated rings. The molecule has 0 spiro atoms. The molecular formula is C124H104F6S6. The molecular weight excluding hydrogens is 1800 g/mol.